The van der Waals surface area contributed by atoms with Gasteiger partial charge in [0.1, 0.15) is 0 Å². The van der Waals surface area contributed by atoms with E-state index in [4.69, 9.17) is 5.73 Å². The molecule has 0 aliphatic heterocycles. The van der Waals surface area contributed by atoms with Gasteiger partial charge in [-0.05, 0) is 49.9 Å². The lowest BCUT2D eigenvalue weighted by molar-refractivity contribution is -0.124. The highest BCUT2D eigenvalue weighted by atomic mass is 32.1. The maximum Gasteiger partial charge on any atom is 0.220 e. The lowest BCUT2D eigenvalue weighted by Gasteiger charge is -2.42. The first kappa shape index (κ1) is 14.9. The van der Waals surface area contributed by atoms with Crippen LogP contribution in [0.25, 0.3) is 0 Å². The number of fused-ring (bicyclic) bond motifs is 3. The predicted octanol–water partition coefficient (Wildman–Crippen LogP) is 2.99. The Balaban J connectivity index is 1.47. The summed E-state index contributed by atoms with van der Waals surface area (Å²) >= 11 is 1.68. The summed E-state index contributed by atoms with van der Waals surface area (Å²) in [6, 6.07) is 0.0827. The summed E-state index contributed by atoms with van der Waals surface area (Å²) < 4.78 is 0. The second-order valence-corrected chi connectivity index (χ2v) is 8.40. The van der Waals surface area contributed by atoms with Gasteiger partial charge in [-0.2, -0.15) is 5.26 Å². The number of amides is 1. The molecule has 4 aliphatic rings. The average molecular weight is 330 g/mol. The zero-order chi connectivity index (χ0) is 16.0. The molecule has 0 spiro atoms. The van der Waals surface area contributed by atoms with Gasteiger partial charge in [0.2, 0.25) is 5.91 Å². The second kappa shape index (κ2) is 5.79. The molecule has 0 saturated heterocycles. The SMILES string of the molecule is N#CN(c1ncc([C@@H]2CC3CCC2CC3)s1)C1CC(C(N)=O)C1. The maximum atomic E-state index is 11.2. The molecule has 5 nitrogen and oxygen atoms in total. The van der Waals surface area contributed by atoms with Crippen molar-refractivity contribution in [2.75, 3.05) is 4.90 Å². The summed E-state index contributed by atoms with van der Waals surface area (Å²) in [5.41, 5.74) is 5.32. The van der Waals surface area contributed by atoms with Crippen LogP contribution in [0.15, 0.2) is 6.20 Å². The van der Waals surface area contributed by atoms with Crippen molar-refractivity contribution < 1.29 is 4.79 Å². The molecule has 122 valence electrons. The molecule has 0 unspecified atom stereocenters. The van der Waals surface area contributed by atoms with Crippen molar-refractivity contribution in [3.8, 4) is 6.19 Å². The number of nitrogens with zero attached hydrogens (tertiary/aromatic N) is 3. The van der Waals surface area contributed by atoms with E-state index >= 15 is 0 Å². The van der Waals surface area contributed by atoms with Crippen LogP contribution < -0.4 is 10.6 Å². The van der Waals surface area contributed by atoms with Crippen LogP contribution in [0.5, 0.6) is 0 Å². The number of carbonyl (C=O) groups excluding carboxylic acids is 1. The quantitative estimate of drug-likeness (QED) is 0.679. The number of rotatable bonds is 4. The number of anilines is 1. The highest BCUT2D eigenvalue weighted by Crippen LogP contribution is 2.51. The Morgan fingerprint density at radius 2 is 2.04 bits per heavy atom. The Bertz CT molecular complexity index is 637. The molecule has 4 saturated carbocycles. The van der Waals surface area contributed by atoms with E-state index in [-0.39, 0.29) is 17.9 Å². The zero-order valence-corrected chi connectivity index (χ0v) is 14.0. The first-order valence-electron chi connectivity index (χ1n) is 8.59. The number of thiazole rings is 1. The Kier molecular flexibility index (Phi) is 3.76. The molecule has 2 bridgehead atoms. The fraction of sp³-hybridized carbons (Fsp3) is 0.706. The van der Waals surface area contributed by atoms with Gasteiger partial charge in [0.25, 0.3) is 0 Å². The minimum Gasteiger partial charge on any atom is -0.369 e. The Labute approximate surface area is 140 Å². The van der Waals surface area contributed by atoms with Gasteiger partial charge in [-0.3, -0.25) is 9.69 Å². The van der Waals surface area contributed by atoms with E-state index in [9.17, 15) is 10.1 Å². The van der Waals surface area contributed by atoms with Crippen LogP contribution in [-0.4, -0.2) is 16.9 Å². The number of hydrogen-bond donors (Lipinski definition) is 1. The van der Waals surface area contributed by atoms with Crippen molar-refractivity contribution >= 4 is 22.4 Å². The van der Waals surface area contributed by atoms with Gasteiger partial charge in [0.15, 0.2) is 11.3 Å². The number of nitrogens with two attached hydrogens (primary N) is 1. The molecule has 0 aromatic carbocycles. The summed E-state index contributed by atoms with van der Waals surface area (Å²) in [5, 5.41) is 10.3. The van der Waals surface area contributed by atoms with Gasteiger partial charge in [0, 0.05) is 23.0 Å². The van der Waals surface area contributed by atoms with E-state index < -0.39 is 0 Å². The maximum absolute atomic E-state index is 11.2. The topological polar surface area (TPSA) is 83.0 Å². The Hall–Kier alpha value is -1.61. The lowest BCUT2D eigenvalue weighted by atomic mass is 9.64. The van der Waals surface area contributed by atoms with E-state index in [1.807, 2.05) is 6.20 Å². The van der Waals surface area contributed by atoms with Gasteiger partial charge in [-0.25, -0.2) is 4.98 Å². The van der Waals surface area contributed by atoms with Crippen LogP contribution in [0, 0.1) is 29.2 Å². The first-order valence-corrected chi connectivity index (χ1v) is 9.41. The molecule has 4 fully saturated rings. The molecule has 1 aromatic heterocycles. The number of carbonyl (C=O) groups is 1. The minimum absolute atomic E-state index is 0.0793. The van der Waals surface area contributed by atoms with Gasteiger partial charge in [0.05, 0.1) is 0 Å². The summed E-state index contributed by atoms with van der Waals surface area (Å²) in [6.45, 7) is 0. The van der Waals surface area contributed by atoms with Crippen LogP contribution >= 0.6 is 11.3 Å². The molecule has 0 radical (unpaired) electrons. The normalized spacial score (nSPS) is 35.3. The van der Waals surface area contributed by atoms with Crippen LogP contribution in [0.2, 0.25) is 0 Å². The van der Waals surface area contributed by atoms with Crippen molar-refractivity contribution in [1.82, 2.24) is 4.98 Å². The molecule has 1 aromatic rings. The van der Waals surface area contributed by atoms with Gasteiger partial charge < -0.3 is 5.73 Å². The summed E-state index contributed by atoms with van der Waals surface area (Å²) in [7, 11) is 0. The van der Waals surface area contributed by atoms with Crippen molar-refractivity contribution in [2.24, 2.45) is 23.5 Å². The Morgan fingerprint density at radius 1 is 1.30 bits per heavy atom. The summed E-state index contributed by atoms with van der Waals surface area (Å²) in [4.78, 5) is 18.7. The van der Waals surface area contributed by atoms with Gasteiger partial charge >= 0.3 is 0 Å². The number of primary amides is 1. The molecule has 6 heteroatoms. The third kappa shape index (κ3) is 2.61. The largest absolute Gasteiger partial charge is 0.369 e. The molecule has 1 heterocycles. The van der Waals surface area contributed by atoms with Crippen molar-refractivity contribution in [3.63, 3.8) is 0 Å². The predicted molar refractivity (Wildman–Crippen MR) is 88.7 cm³/mol. The minimum atomic E-state index is -0.253. The lowest BCUT2D eigenvalue weighted by Crippen LogP contribution is -2.47. The number of nitriles is 1. The summed E-state index contributed by atoms with van der Waals surface area (Å²) in [6.07, 6.45) is 12.4. The molecule has 5 rings (SSSR count). The van der Waals surface area contributed by atoms with Gasteiger partial charge in [-0.15, -0.1) is 11.3 Å². The Morgan fingerprint density at radius 3 is 2.61 bits per heavy atom. The monoisotopic (exact) mass is 330 g/mol. The van der Waals surface area contributed by atoms with E-state index in [0.29, 0.717) is 18.8 Å². The van der Waals surface area contributed by atoms with Gasteiger partial charge in [-0.1, -0.05) is 12.8 Å². The van der Waals surface area contributed by atoms with E-state index in [0.717, 1.165) is 17.0 Å². The van der Waals surface area contributed by atoms with Crippen LogP contribution in [0.3, 0.4) is 0 Å². The molecule has 1 amide bonds. The third-order valence-corrected chi connectivity index (χ3v) is 7.25. The van der Waals surface area contributed by atoms with Crippen molar-refractivity contribution in [2.45, 2.75) is 56.9 Å². The van der Waals surface area contributed by atoms with Crippen LogP contribution in [-0.2, 0) is 4.79 Å². The van der Waals surface area contributed by atoms with E-state index in [1.54, 1.807) is 16.2 Å². The van der Waals surface area contributed by atoms with Crippen LogP contribution in [0.4, 0.5) is 5.13 Å². The number of hydrogen-bond acceptors (Lipinski definition) is 5. The standard InChI is InChI=1S/C17H22N4OS/c18-9-21(13-6-12(7-13)16(19)22)17-20-8-15(23-17)14-5-10-1-3-11(14)4-2-10/h8,10-14H,1-7H2,(H2,19,22)/t10?,11?,12?,13?,14-/m1/s1. The smallest absolute Gasteiger partial charge is 0.220 e. The molecule has 1 atom stereocenters. The van der Waals surface area contributed by atoms with E-state index in [2.05, 4.69) is 11.2 Å². The average Bonchev–Trinajstić information content (AvgIpc) is 3.00. The highest BCUT2D eigenvalue weighted by molar-refractivity contribution is 7.15. The van der Waals surface area contributed by atoms with Crippen molar-refractivity contribution in [3.05, 3.63) is 11.1 Å². The van der Waals surface area contributed by atoms with E-state index in [1.165, 1.54) is 37.0 Å². The third-order valence-electron chi connectivity index (χ3n) is 6.12. The first-order chi connectivity index (χ1) is 11.2. The summed E-state index contributed by atoms with van der Waals surface area (Å²) in [5.74, 6) is 2.02. The van der Waals surface area contributed by atoms with Crippen molar-refractivity contribution in [1.29, 1.82) is 5.26 Å². The highest BCUT2D eigenvalue weighted by Gasteiger charge is 2.40. The number of aromatic nitrogens is 1. The fourth-order valence-corrected chi connectivity index (χ4v) is 5.75. The zero-order valence-electron chi connectivity index (χ0n) is 13.1. The fourth-order valence-electron chi connectivity index (χ4n) is 4.60. The molecule has 4 aliphatic carbocycles. The molecule has 23 heavy (non-hydrogen) atoms. The molecular formula is C17H22N4OS. The molecular weight excluding hydrogens is 308 g/mol. The second-order valence-electron chi connectivity index (χ2n) is 7.36. The van der Waals surface area contributed by atoms with Crippen LogP contribution in [0.1, 0.15) is 55.7 Å². The molecule has 2 N–H and O–H groups in total.